The van der Waals surface area contributed by atoms with Gasteiger partial charge in [0.1, 0.15) is 0 Å². The monoisotopic (exact) mass is 424 g/mol. The molecule has 158 valence electrons. The first kappa shape index (κ1) is 19.9. The lowest BCUT2D eigenvalue weighted by Gasteiger charge is -2.06. The summed E-state index contributed by atoms with van der Waals surface area (Å²) in [6, 6.07) is 13.9. The predicted octanol–water partition coefficient (Wildman–Crippen LogP) is 3.12. The molecule has 6 nitrogen and oxygen atoms in total. The largest absolute Gasteiger partial charge is 0.268 e. The molecule has 0 saturated heterocycles. The zero-order valence-electron chi connectivity index (χ0n) is 18.1. The summed E-state index contributed by atoms with van der Waals surface area (Å²) in [5.74, 6) is 0. The highest BCUT2D eigenvalue weighted by Gasteiger charge is 2.22. The maximum Gasteiger partial charge on any atom is 0.266 e. The van der Waals surface area contributed by atoms with Crippen LogP contribution in [0.3, 0.4) is 0 Å². The Bertz CT molecular complexity index is 1590. The molecule has 0 saturated carbocycles. The van der Waals surface area contributed by atoms with E-state index in [0.717, 1.165) is 31.4 Å². The van der Waals surface area contributed by atoms with Crippen molar-refractivity contribution in [3.8, 4) is 11.4 Å². The van der Waals surface area contributed by atoms with Crippen molar-refractivity contribution in [3.63, 3.8) is 0 Å². The van der Waals surface area contributed by atoms with E-state index in [9.17, 15) is 19.2 Å². The quantitative estimate of drug-likeness (QED) is 0.436. The third-order valence-electron chi connectivity index (χ3n) is 6.10. The molecular weight excluding hydrogens is 404 g/mol. The number of hydrogen-bond acceptors (Lipinski definition) is 4. The molecule has 0 radical (unpaired) electrons. The molecule has 0 aliphatic heterocycles. The van der Waals surface area contributed by atoms with Gasteiger partial charge >= 0.3 is 0 Å². The predicted molar refractivity (Wildman–Crippen MR) is 127 cm³/mol. The summed E-state index contributed by atoms with van der Waals surface area (Å²) in [4.78, 5) is 52.8. The topological polar surface area (TPSA) is 78.1 Å². The average molecular weight is 424 g/mol. The zero-order valence-corrected chi connectivity index (χ0v) is 18.1. The van der Waals surface area contributed by atoms with Gasteiger partial charge in [-0.05, 0) is 74.2 Å². The molecule has 3 aromatic carbocycles. The molecule has 0 aliphatic rings. The molecule has 5 rings (SSSR count). The molecule has 5 aromatic rings. The van der Waals surface area contributed by atoms with Gasteiger partial charge in [-0.2, -0.15) is 0 Å². The van der Waals surface area contributed by atoms with Gasteiger partial charge in [-0.25, -0.2) is 9.13 Å². The lowest BCUT2D eigenvalue weighted by atomic mass is 10.1. The van der Waals surface area contributed by atoms with Crippen LogP contribution in [0.2, 0.25) is 0 Å². The molecule has 0 amide bonds. The van der Waals surface area contributed by atoms with Crippen molar-refractivity contribution in [2.75, 3.05) is 0 Å². The summed E-state index contributed by atoms with van der Waals surface area (Å²) in [5.41, 5.74) is 2.44. The Balaban J connectivity index is 1.88. The van der Waals surface area contributed by atoms with Crippen molar-refractivity contribution in [2.45, 2.75) is 27.7 Å². The lowest BCUT2D eigenvalue weighted by Crippen LogP contribution is -2.25. The number of rotatable bonds is 2. The van der Waals surface area contributed by atoms with Crippen LogP contribution in [0.15, 0.2) is 67.7 Å². The minimum Gasteiger partial charge on any atom is -0.268 e. The van der Waals surface area contributed by atoms with Gasteiger partial charge < -0.3 is 0 Å². The minimum atomic E-state index is -0.494. The van der Waals surface area contributed by atoms with E-state index in [1.165, 1.54) is 12.1 Å². The van der Waals surface area contributed by atoms with E-state index in [0.29, 0.717) is 11.4 Å². The maximum atomic E-state index is 13.2. The molecular formula is C26H20N2O4. The molecule has 0 atom stereocenters. The van der Waals surface area contributed by atoms with E-state index in [4.69, 9.17) is 0 Å². The van der Waals surface area contributed by atoms with Crippen molar-refractivity contribution in [3.05, 3.63) is 112 Å². The van der Waals surface area contributed by atoms with Gasteiger partial charge in [0.05, 0.1) is 32.9 Å². The number of aryl methyl sites for hydroxylation is 4. The highest BCUT2D eigenvalue weighted by atomic mass is 16.2. The van der Waals surface area contributed by atoms with Crippen molar-refractivity contribution in [2.24, 2.45) is 0 Å². The SMILES string of the molecule is Cc1ccc(C)c(-n2c(=O)c3cc4c(=O)n(-c5cc(C)ccc5C)c(=O)c4cc3c2=O)c1. The fraction of sp³-hybridized carbons (Fsp3) is 0.154. The second-order valence-corrected chi connectivity index (χ2v) is 8.41. The van der Waals surface area contributed by atoms with Crippen LogP contribution in [0.1, 0.15) is 22.3 Å². The van der Waals surface area contributed by atoms with E-state index in [1.807, 2.05) is 52.0 Å². The van der Waals surface area contributed by atoms with E-state index in [-0.39, 0.29) is 21.5 Å². The number of benzene rings is 3. The molecule has 0 fully saturated rings. The summed E-state index contributed by atoms with van der Waals surface area (Å²) in [7, 11) is 0. The number of nitrogens with zero attached hydrogens (tertiary/aromatic N) is 2. The Hall–Kier alpha value is -4.06. The van der Waals surface area contributed by atoms with Gasteiger partial charge in [-0.3, -0.25) is 19.2 Å². The van der Waals surface area contributed by atoms with Gasteiger partial charge in [-0.15, -0.1) is 0 Å². The van der Waals surface area contributed by atoms with Crippen LogP contribution < -0.4 is 22.2 Å². The summed E-state index contributed by atoms with van der Waals surface area (Å²) >= 11 is 0. The first-order valence-electron chi connectivity index (χ1n) is 10.3. The van der Waals surface area contributed by atoms with E-state index < -0.39 is 22.2 Å². The fourth-order valence-corrected chi connectivity index (χ4v) is 4.33. The Kier molecular flexibility index (Phi) is 4.17. The average Bonchev–Trinajstić information content (AvgIpc) is 3.15. The Morgan fingerprint density at radius 3 is 1.09 bits per heavy atom. The first-order valence-corrected chi connectivity index (χ1v) is 10.3. The maximum absolute atomic E-state index is 13.2. The number of hydrogen-bond donors (Lipinski definition) is 0. The van der Waals surface area contributed by atoms with E-state index >= 15 is 0 Å². The molecule has 0 bridgehead atoms. The van der Waals surface area contributed by atoms with Crippen LogP contribution in [0.4, 0.5) is 0 Å². The Morgan fingerprint density at radius 1 is 0.469 bits per heavy atom. The number of fused-ring (bicyclic) bond motifs is 2. The Morgan fingerprint density at radius 2 is 0.781 bits per heavy atom. The van der Waals surface area contributed by atoms with Gasteiger partial charge in [0.25, 0.3) is 22.2 Å². The molecule has 32 heavy (non-hydrogen) atoms. The van der Waals surface area contributed by atoms with Crippen LogP contribution in [0, 0.1) is 27.7 Å². The van der Waals surface area contributed by atoms with Crippen molar-refractivity contribution in [1.29, 1.82) is 0 Å². The molecule has 6 heteroatoms. The van der Waals surface area contributed by atoms with Crippen LogP contribution in [0.25, 0.3) is 32.9 Å². The third-order valence-corrected chi connectivity index (χ3v) is 6.10. The lowest BCUT2D eigenvalue weighted by molar-refractivity contribution is 0.972. The number of aromatic nitrogens is 2. The highest BCUT2D eigenvalue weighted by molar-refractivity contribution is 5.98. The molecule has 2 aromatic heterocycles. The smallest absolute Gasteiger partial charge is 0.266 e. The third kappa shape index (κ3) is 2.66. The second kappa shape index (κ2) is 6.72. The van der Waals surface area contributed by atoms with Crippen molar-refractivity contribution < 1.29 is 0 Å². The fourth-order valence-electron chi connectivity index (χ4n) is 4.33. The van der Waals surface area contributed by atoms with Crippen LogP contribution >= 0.6 is 0 Å². The standard InChI is InChI=1S/C26H20N2O4/c1-13-5-7-15(3)21(9-13)27-23(29)17-11-19-20(12-18(17)24(27)30)26(32)28(25(19)31)22-10-14(2)6-8-16(22)4/h5-12H,1-4H3. The first-order chi connectivity index (χ1) is 15.2. The zero-order chi connectivity index (χ0) is 22.9. The summed E-state index contributed by atoms with van der Waals surface area (Å²) < 4.78 is 2.25. The Labute approximate surface area is 182 Å². The molecule has 0 spiro atoms. The normalized spacial score (nSPS) is 11.6. The summed E-state index contributed by atoms with van der Waals surface area (Å²) in [6.45, 7) is 7.42. The molecule has 2 heterocycles. The minimum absolute atomic E-state index is 0.138. The molecule has 0 N–H and O–H groups in total. The van der Waals surface area contributed by atoms with Crippen molar-refractivity contribution in [1.82, 2.24) is 9.13 Å². The summed E-state index contributed by atoms with van der Waals surface area (Å²) in [5, 5.41) is 0.550. The van der Waals surface area contributed by atoms with Gasteiger partial charge in [0.15, 0.2) is 0 Å². The van der Waals surface area contributed by atoms with Crippen LogP contribution in [0.5, 0.6) is 0 Å². The van der Waals surface area contributed by atoms with Gasteiger partial charge in [0.2, 0.25) is 0 Å². The van der Waals surface area contributed by atoms with E-state index in [2.05, 4.69) is 0 Å². The van der Waals surface area contributed by atoms with Crippen molar-refractivity contribution >= 4 is 21.5 Å². The van der Waals surface area contributed by atoms with E-state index in [1.54, 1.807) is 12.1 Å². The van der Waals surface area contributed by atoms with Crippen LogP contribution in [-0.2, 0) is 0 Å². The second-order valence-electron chi connectivity index (χ2n) is 8.41. The molecule has 0 unspecified atom stereocenters. The van der Waals surface area contributed by atoms with Gasteiger partial charge in [-0.1, -0.05) is 24.3 Å². The summed E-state index contributed by atoms with van der Waals surface area (Å²) in [6.07, 6.45) is 0. The highest BCUT2D eigenvalue weighted by Crippen LogP contribution is 2.20. The molecule has 0 aliphatic carbocycles. The van der Waals surface area contributed by atoms with Gasteiger partial charge in [0, 0.05) is 0 Å². The van der Waals surface area contributed by atoms with Crippen LogP contribution in [-0.4, -0.2) is 9.13 Å².